The second kappa shape index (κ2) is 8.09. The van der Waals surface area contributed by atoms with E-state index in [2.05, 4.69) is 12.2 Å². The van der Waals surface area contributed by atoms with Crippen LogP contribution in [-0.4, -0.2) is 22.5 Å². The lowest BCUT2D eigenvalue weighted by Gasteiger charge is -2.25. The van der Waals surface area contributed by atoms with Crippen molar-refractivity contribution in [1.82, 2.24) is 5.32 Å². The third-order valence-corrected chi connectivity index (χ3v) is 2.70. The summed E-state index contributed by atoms with van der Waals surface area (Å²) in [5, 5.41) is 11.5. The van der Waals surface area contributed by atoms with Gasteiger partial charge in [0.15, 0.2) is 0 Å². The molecule has 0 spiro atoms. The van der Waals surface area contributed by atoms with Crippen LogP contribution in [0.25, 0.3) is 0 Å². The first-order valence-corrected chi connectivity index (χ1v) is 6.40. The predicted molar refractivity (Wildman–Crippen MR) is 67.9 cm³/mol. The SMILES string of the molecule is CCCCCCC(=O)NC(C)(C)CCC(=O)O. The number of hydrogen-bond acceptors (Lipinski definition) is 2. The minimum absolute atomic E-state index is 0.0245. The summed E-state index contributed by atoms with van der Waals surface area (Å²) in [7, 11) is 0. The summed E-state index contributed by atoms with van der Waals surface area (Å²) in [6, 6.07) is 0. The minimum Gasteiger partial charge on any atom is -0.481 e. The molecular formula is C13H25NO3. The summed E-state index contributed by atoms with van der Waals surface area (Å²) in [4.78, 5) is 22.1. The van der Waals surface area contributed by atoms with Crippen LogP contribution in [0.3, 0.4) is 0 Å². The van der Waals surface area contributed by atoms with E-state index in [9.17, 15) is 9.59 Å². The highest BCUT2D eigenvalue weighted by Crippen LogP contribution is 2.12. The molecule has 0 aromatic heterocycles. The van der Waals surface area contributed by atoms with Gasteiger partial charge < -0.3 is 10.4 Å². The third kappa shape index (κ3) is 9.85. The van der Waals surface area contributed by atoms with Crippen molar-refractivity contribution in [2.75, 3.05) is 0 Å². The lowest BCUT2D eigenvalue weighted by Crippen LogP contribution is -2.43. The number of carboxylic acid groups (broad SMARTS) is 1. The molecule has 2 N–H and O–H groups in total. The molecule has 0 unspecified atom stereocenters. The van der Waals surface area contributed by atoms with Gasteiger partial charge in [-0.2, -0.15) is 0 Å². The maximum Gasteiger partial charge on any atom is 0.303 e. The largest absolute Gasteiger partial charge is 0.481 e. The van der Waals surface area contributed by atoms with E-state index >= 15 is 0 Å². The van der Waals surface area contributed by atoms with Crippen molar-refractivity contribution < 1.29 is 14.7 Å². The lowest BCUT2D eigenvalue weighted by molar-refractivity contribution is -0.137. The standard InChI is InChI=1S/C13H25NO3/c1-4-5-6-7-8-11(15)14-13(2,3)10-9-12(16)17/h4-10H2,1-3H3,(H,14,15)(H,16,17). The first kappa shape index (κ1) is 15.9. The highest BCUT2D eigenvalue weighted by Gasteiger charge is 2.20. The van der Waals surface area contributed by atoms with Crippen LogP contribution in [0.5, 0.6) is 0 Å². The second-order valence-corrected chi connectivity index (χ2v) is 5.14. The number of amides is 1. The molecule has 4 heteroatoms. The van der Waals surface area contributed by atoms with Crippen molar-refractivity contribution >= 4 is 11.9 Å². The Morgan fingerprint density at radius 1 is 1.12 bits per heavy atom. The quantitative estimate of drug-likeness (QED) is 0.612. The zero-order valence-corrected chi connectivity index (χ0v) is 11.2. The Kier molecular flexibility index (Phi) is 7.59. The summed E-state index contributed by atoms with van der Waals surface area (Å²) < 4.78 is 0. The molecule has 0 aliphatic rings. The van der Waals surface area contributed by atoms with Crippen molar-refractivity contribution in [3.63, 3.8) is 0 Å². The van der Waals surface area contributed by atoms with E-state index in [4.69, 9.17) is 5.11 Å². The molecule has 0 aromatic rings. The molecule has 0 aliphatic heterocycles. The van der Waals surface area contributed by atoms with Gasteiger partial charge in [0.25, 0.3) is 0 Å². The zero-order valence-electron chi connectivity index (χ0n) is 11.2. The fourth-order valence-corrected chi connectivity index (χ4v) is 1.63. The smallest absolute Gasteiger partial charge is 0.303 e. The molecule has 4 nitrogen and oxygen atoms in total. The lowest BCUT2D eigenvalue weighted by atomic mass is 9.98. The van der Waals surface area contributed by atoms with Crippen LogP contribution in [0.2, 0.25) is 0 Å². The molecule has 0 aromatic carbocycles. The average Bonchev–Trinajstić information content (AvgIpc) is 2.21. The Morgan fingerprint density at radius 3 is 2.29 bits per heavy atom. The Bertz CT molecular complexity index is 249. The van der Waals surface area contributed by atoms with Gasteiger partial charge in [-0.1, -0.05) is 26.2 Å². The summed E-state index contributed by atoms with van der Waals surface area (Å²) in [6.45, 7) is 5.86. The van der Waals surface area contributed by atoms with Gasteiger partial charge in [0.2, 0.25) is 5.91 Å². The van der Waals surface area contributed by atoms with E-state index in [-0.39, 0.29) is 12.3 Å². The number of carbonyl (C=O) groups is 2. The van der Waals surface area contributed by atoms with Crippen molar-refractivity contribution in [2.24, 2.45) is 0 Å². The summed E-state index contributed by atoms with van der Waals surface area (Å²) in [5.74, 6) is -0.799. The van der Waals surface area contributed by atoms with Crippen LogP contribution in [0.1, 0.15) is 65.7 Å². The van der Waals surface area contributed by atoms with Crippen LogP contribution >= 0.6 is 0 Å². The van der Waals surface area contributed by atoms with Gasteiger partial charge in [0, 0.05) is 18.4 Å². The first-order valence-electron chi connectivity index (χ1n) is 6.40. The first-order chi connectivity index (χ1) is 7.87. The van der Waals surface area contributed by atoms with Crippen molar-refractivity contribution in [2.45, 2.75) is 71.3 Å². The molecule has 0 atom stereocenters. The number of carbonyl (C=O) groups excluding carboxylic acids is 1. The Hall–Kier alpha value is -1.06. The number of nitrogens with one attached hydrogen (secondary N) is 1. The van der Waals surface area contributed by atoms with Gasteiger partial charge in [-0.05, 0) is 26.7 Å². The fraction of sp³-hybridized carbons (Fsp3) is 0.846. The summed E-state index contributed by atoms with van der Waals surface area (Å²) in [6.07, 6.45) is 5.40. The molecule has 0 saturated heterocycles. The van der Waals surface area contributed by atoms with E-state index in [0.717, 1.165) is 25.7 Å². The van der Waals surface area contributed by atoms with E-state index in [1.54, 1.807) is 0 Å². The van der Waals surface area contributed by atoms with Gasteiger partial charge in [-0.25, -0.2) is 0 Å². The molecule has 0 radical (unpaired) electrons. The zero-order chi connectivity index (χ0) is 13.3. The average molecular weight is 243 g/mol. The number of hydrogen-bond donors (Lipinski definition) is 2. The minimum atomic E-state index is -0.824. The third-order valence-electron chi connectivity index (χ3n) is 2.70. The Balaban J connectivity index is 3.80. The fourth-order valence-electron chi connectivity index (χ4n) is 1.63. The molecule has 0 rings (SSSR count). The molecule has 100 valence electrons. The number of unbranched alkanes of at least 4 members (excludes halogenated alkanes) is 3. The second-order valence-electron chi connectivity index (χ2n) is 5.14. The van der Waals surface area contributed by atoms with E-state index in [0.29, 0.717) is 12.8 Å². The maximum absolute atomic E-state index is 11.6. The van der Waals surface area contributed by atoms with E-state index in [1.807, 2.05) is 13.8 Å². The van der Waals surface area contributed by atoms with Crippen LogP contribution in [0.15, 0.2) is 0 Å². The molecule has 1 amide bonds. The van der Waals surface area contributed by atoms with Gasteiger partial charge in [0.1, 0.15) is 0 Å². The topological polar surface area (TPSA) is 66.4 Å². The predicted octanol–water partition coefficient (Wildman–Crippen LogP) is 2.72. The molecule has 0 fully saturated rings. The van der Waals surface area contributed by atoms with Gasteiger partial charge >= 0.3 is 5.97 Å². The molecule has 0 bridgehead atoms. The normalized spacial score (nSPS) is 11.2. The van der Waals surface area contributed by atoms with Gasteiger partial charge in [0.05, 0.1) is 0 Å². The molecule has 17 heavy (non-hydrogen) atoms. The van der Waals surface area contributed by atoms with E-state index < -0.39 is 11.5 Å². The van der Waals surface area contributed by atoms with Crippen molar-refractivity contribution in [1.29, 1.82) is 0 Å². The monoisotopic (exact) mass is 243 g/mol. The van der Waals surface area contributed by atoms with Gasteiger partial charge in [-0.3, -0.25) is 9.59 Å². The van der Waals surface area contributed by atoms with E-state index in [1.165, 1.54) is 0 Å². The van der Waals surface area contributed by atoms with Gasteiger partial charge in [-0.15, -0.1) is 0 Å². The highest BCUT2D eigenvalue weighted by molar-refractivity contribution is 5.76. The van der Waals surface area contributed by atoms with Crippen LogP contribution in [0, 0.1) is 0 Å². The molecular weight excluding hydrogens is 218 g/mol. The number of rotatable bonds is 9. The van der Waals surface area contributed by atoms with Crippen LogP contribution in [-0.2, 0) is 9.59 Å². The Morgan fingerprint density at radius 2 is 1.76 bits per heavy atom. The number of aliphatic carboxylic acids is 1. The maximum atomic E-state index is 11.6. The number of carboxylic acids is 1. The van der Waals surface area contributed by atoms with Crippen LogP contribution in [0.4, 0.5) is 0 Å². The van der Waals surface area contributed by atoms with Crippen molar-refractivity contribution in [3.05, 3.63) is 0 Å². The molecule has 0 aliphatic carbocycles. The summed E-state index contributed by atoms with van der Waals surface area (Å²) in [5.41, 5.74) is -0.430. The molecule has 0 saturated carbocycles. The van der Waals surface area contributed by atoms with Crippen molar-refractivity contribution in [3.8, 4) is 0 Å². The van der Waals surface area contributed by atoms with Crippen LogP contribution < -0.4 is 5.32 Å². The molecule has 0 heterocycles. The summed E-state index contributed by atoms with van der Waals surface area (Å²) >= 11 is 0. The highest BCUT2D eigenvalue weighted by atomic mass is 16.4. The Labute approximate surface area is 104 Å².